The average molecular weight is 208 g/mol. The quantitative estimate of drug-likeness (QED) is 0.827. The molecule has 0 aliphatic heterocycles. The molecular weight excluding hydrogens is 188 g/mol. The Morgan fingerprint density at radius 1 is 1.13 bits per heavy atom. The third-order valence-electron chi connectivity index (χ3n) is 2.16. The molecule has 1 N–H and O–H groups in total. The Balaban J connectivity index is 0.000000288. The number of rotatable bonds is 3. The Morgan fingerprint density at radius 3 is 1.93 bits per heavy atom. The first kappa shape index (κ1) is 13.7. The second kappa shape index (κ2) is 8.04. The summed E-state index contributed by atoms with van der Waals surface area (Å²) in [5, 5.41) is 9.11. The lowest BCUT2D eigenvalue weighted by Crippen LogP contribution is -1.88. The van der Waals surface area contributed by atoms with E-state index in [2.05, 4.69) is 0 Å². The predicted molar refractivity (Wildman–Crippen MR) is 63.1 cm³/mol. The van der Waals surface area contributed by atoms with Gasteiger partial charge in [-0.25, -0.2) is 0 Å². The fourth-order valence-electron chi connectivity index (χ4n) is 1.06. The molecule has 0 aliphatic rings. The third-order valence-corrected chi connectivity index (χ3v) is 2.16. The van der Waals surface area contributed by atoms with Gasteiger partial charge in [-0.2, -0.15) is 0 Å². The van der Waals surface area contributed by atoms with Crippen LogP contribution in [0.1, 0.15) is 39.2 Å². The van der Waals surface area contributed by atoms with Crippen LogP contribution in [0.25, 0.3) is 0 Å². The monoisotopic (exact) mass is 208 g/mol. The highest BCUT2D eigenvalue weighted by molar-refractivity contribution is 5.77. The first-order valence-corrected chi connectivity index (χ1v) is 5.44. The van der Waals surface area contributed by atoms with Gasteiger partial charge in [-0.15, -0.1) is 0 Å². The van der Waals surface area contributed by atoms with Crippen molar-refractivity contribution in [3.8, 4) is 5.75 Å². The Hall–Kier alpha value is -1.31. The molecule has 0 spiro atoms. The number of aryl methyl sites for hydroxylation is 1. The van der Waals surface area contributed by atoms with E-state index in [1.807, 2.05) is 39.0 Å². The van der Waals surface area contributed by atoms with Crippen molar-refractivity contribution in [2.75, 3.05) is 0 Å². The van der Waals surface area contributed by atoms with Crippen LogP contribution in [0.4, 0.5) is 0 Å². The van der Waals surface area contributed by atoms with Crippen molar-refractivity contribution in [2.45, 2.75) is 40.0 Å². The molecule has 84 valence electrons. The molecule has 0 heterocycles. The number of ketones is 1. The van der Waals surface area contributed by atoms with Crippen LogP contribution in [0, 0.1) is 0 Å². The number of Topliss-reactive ketones (excluding diaryl/α,β-unsaturated/α-hetero) is 1. The number of phenols is 1. The standard InChI is InChI=1S/C8H10O.C5H10O/c1-2-7-5-3-4-6-8(7)9;1-3-5(6)4-2/h3-6,9H,2H2,1H3;3-4H2,1-2H3. The molecule has 0 aliphatic carbocycles. The van der Waals surface area contributed by atoms with E-state index >= 15 is 0 Å². The zero-order valence-corrected chi connectivity index (χ0v) is 9.79. The third kappa shape index (κ3) is 5.89. The number of hydrogen-bond donors (Lipinski definition) is 1. The van der Waals surface area contributed by atoms with Crippen molar-refractivity contribution < 1.29 is 9.90 Å². The van der Waals surface area contributed by atoms with Crippen molar-refractivity contribution in [2.24, 2.45) is 0 Å². The first-order chi connectivity index (χ1) is 7.15. The highest BCUT2D eigenvalue weighted by Gasteiger charge is 1.92. The highest BCUT2D eigenvalue weighted by Crippen LogP contribution is 2.14. The molecule has 0 saturated heterocycles. The summed E-state index contributed by atoms with van der Waals surface area (Å²) in [5.74, 6) is 0.745. The van der Waals surface area contributed by atoms with Crippen LogP contribution in [-0.4, -0.2) is 10.9 Å². The van der Waals surface area contributed by atoms with Crippen LogP contribution in [0.15, 0.2) is 24.3 Å². The summed E-state index contributed by atoms with van der Waals surface area (Å²) in [6.07, 6.45) is 2.28. The summed E-state index contributed by atoms with van der Waals surface area (Å²) >= 11 is 0. The Bertz CT molecular complexity index is 286. The number of para-hydroxylation sites is 1. The molecule has 1 aromatic carbocycles. The fraction of sp³-hybridized carbons (Fsp3) is 0.462. The zero-order valence-electron chi connectivity index (χ0n) is 9.79. The maximum Gasteiger partial charge on any atom is 0.132 e. The maximum absolute atomic E-state index is 10.2. The van der Waals surface area contributed by atoms with Crippen molar-refractivity contribution in [3.63, 3.8) is 0 Å². The average Bonchev–Trinajstić information content (AvgIpc) is 2.29. The number of aromatic hydroxyl groups is 1. The molecule has 0 saturated carbocycles. The van der Waals surface area contributed by atoms with Crippen molar-refractivity contribution in [1.82, 2.24) is 0 Å². The summed E-state index contributed by atoms with van der Waals surface area (Å²) in [7, 11) is 0. The van der Waals surface area contributed by atoms with Crippen LogP contribution < -0.4 is 0 Å². The van der Waals surface area contributed by atoms with E-state index in [-0.39, 0.29) is 0 Å². The number of carbonyl (C=O) groups excluding carboxylic acids is 1. The number of phenolic OH excluding ortho intramolecular Hbond substituents is 1. The van der Waals surface area contributed by atoms with Crippen molar-refractivity contribution >= 4 is 5.78 Å². The van der Waals surface area contributed by atoms with E-state index in [1.165, 1.54) is 0 Å². The van der Waals surface area contributed by atoms with Crippen LogP contribution in [0.3, 0.4) is 0 Å². The van der Waals surface area contributed by atoms with Crippen LogP contribution in [-0.2, 0) is 11.2 Å². The van der Waals surface area contributed by atoms with Crippen molar-refractivity contribution in [3.05, 3.63) is 29.8 Å². The van der Waals surface area contributed by atoms with E-state index in [0.29, 0.717) is 24.4 Å². The van der Waals surface area contributed by atoms with Crippen LogP contribution >= 0.6 is 0 Å². The largest absolute Gasteiger partial charge is 0.508 e. The molecule has 0 amide bonds. The molecule has 0 aromatic heterocycles. The number of carbonyl (C=O) groups is 1. The van der Waals surface area contributed by atoms with Crippen LogP contribution in [0.5, 0.6) is 5.75 Å². The lowest BCUT2D eigenvalue weighted by molar-refractivity contribution is -0.118. The van der Waals surface area contributed by atoms with Gasteiger partial charge in [0, 0.05) is 12.8 Å². The van der Waals surface area contributed by atoms with Gasteiger partial charge in [0.1, 0.15) is 11.5 Å². The molecule has 0 bridgehead atoms. The van der Waals surface area contributed by atoms with Crippen LogP contribution in [0.2, 0.25) is 0 Å². The minimum Gasteiger partial charge on any atom is -0.508 e. The zero-order chi connectivity index (χ0) is 11.7. The second-order valence-electron chi connectivity index (χ2n) is 3.23. The number of benzene rings is 1. The van der Waals surface area contributed by atoms with Gasteiger partial charge in [-0.3, -0.25) is 4.79 Å². The summed E-state index contributed by atoms with van der Waals surface area (Å²) in [5.41, 5.74) is 1.01. The lowest BCUT2D eigenvalue weighted by Gasteiger charge is -1.97. The van der Waals surface area contributed by atoms with Gasteiger partial charge in [-0.1, -0.05) is 39.0 Å². The highest BCUT2D eigenvalue weighted by atomic mass is 16.3. The molecular formula is C13H20O2. The molecule has 1 aromatic rings. The van der Waals surface area contributed by atoms with E-state index in [9.17, 15) is 4.79 Å². The molecule has 1 rings (SSSR count). The number of hydrogen-bond acceptors (Lipinski definition) is 2. The van der Waals surface area contributed by atoms with Gasteiger partial charge in [0.15, 0.2) is 0 Å². The normalized spacial score (nSPS) is 9.00. The van der Waals surface area contributed by atoms with Gasteiger partial charge in [0.05, 0.1) is 0 Å². The van der Waals surface area contributed by atoms with Gasteiger partial charge in [0.2, 0.25) is 0 Å². The molecule has 2 heteroatoms. The molecule has 0 unspecified atom stereocenters. The fourth-order valence-corrected chi connectivity index (χ4v) is 1.06. The Morgan fingerprint density at radius 2 is 1.67 bits per heavy atom. The van der Waals surface area contributed by atoms with E-state index in [4.69, 9.17) is 5.11 Å². The smallest absolute Gasteiger partial charge is 0.132 e. The predicted octanol–water partition coefficient (Wildman–Crippen LogP) is 3.33. The molecule has 0 radical (unpaired) electrons. The van der Waals surface area contributed by atoms with Crippen molar-refractivity contribution in [1.29, 1.82) is 0 Å². The van der Waals surface area contributed by atoms with Gasteiger partial charge < -0.3 is 5.11 Å². The SMILES string of the molecule is CCC(=O)CC.CCc1ccccc1O. The van der Waals surface area contributed by atoms with E-state index in [1.54, 1.807) is 6.07 Å². The summed E-state index contributed by atoms with van der Waals surface area (Å²) in [4.78, 5) is 10.2. The Kier molecular flexibility index (Phi) is 7.33. The van der Waals surface area contributed by atoms with Gasteiger partial charge in [0.25, 0.3) is 0 Å². The summed E-state index contributed by atoms with van der Waals surface area (Å²) in [6, 6.07) is 7.39. The molecule has 0 atom stereocenters. The van der Waals surface area contributed by atoms with E-state index in [0.717, 1.165) is 12.0 Å². The molecule has 15 heavy (non-hydrogen) atoms. The summed E-state index contributed by atoms with van der Waals surface area (Å²) in [6.45, 7) is 5.78. The minimum atomic E-state index is 0.343. The topological polar surface area (TPSA) is 37.3 Å². The molecule has 0 fully saturated rings. The van der Waals surface area contributed by atoms with E-state index < -0.39 is 0 Å². The second-order valence-corrected chi connectivity index (χ2v) is 3.23. The minimum absolute atomic E-state index is 0.343. The summed E-state index contributed by atoms with van der Waals surface area (Å²) < 4.78 is 0. The molecule has 2 nitrogen and oxygen atoms in total. The van der Waals surface area contributed by atoms with Gasteiger partial charge >= 0.3 is 0 Å². The first-order valence-electron chi connectivity index (χ1n) is 5.44. The lowest BCUT2D eigenvalue weighted by atomic mass is 10.1. The maximum atomic E-state index is 10.2. The Labute approximate surface area is 91.9 Å². The van der Waals surface area contributed by atoms with Gasteiger partial charge in [-0.05, 0) is 18.1 Å².